The first-order valence-electron chi connectivity index (χ1n) is 9.19. The summed E-state index contributed by atoms with van der Waals surface area (Å²) in [6.07, 6.45) is 4.43. The summed E-state index contributed by atoms with van der Waals surface area (Å²) in [5.74, 6) is -0.269. The first kappa shape index (κ1) is 22.1. The molecule has 2 N–H and O–H groups in total. The van der Waals surface area contributed by atoms with E-state index < -0.39 is 12.7 Å². The number of ether oxygens (including phenoxy) is 1. The monoisotopic (exact) mass is 414 g/mol. The number of benzene rings is 1. The molecule has 1 aliphatic heterocycles. The van der Waals surface area contributed by atoms with Crippen LogP contribution in [0.25, 0.3) is 0 Å². The number of aromatic nitrogens is 2. The van der Waals surface area contributed by atoms with Gasteiger partial charge in [0.05, 0.1) is 12.1 Å². The number of alkyl halides is 2. The van der Waals surface area contributed by atoms with E-state index in [0.29, 0.717) is 17.7 Å². The molecule has 9 heteroatoms. The van der Waals surface area contributed by atoms with Crippen LogP contribution < -0.4 is 15.4 Å². The summed E-state index contributed by atoms with van der Waals surface area (Å²) in [4.78, 5) is 12.6. The van der Waals surface area contributed by atoms with Gasteiger partial charge in [0.15, 0.2) is 0 Å². The summed E-state index contributed by atoms with van der Waals surface area (Å²) >= 11 is 0. The molecule has 1 fully saturated rings. The summed E-state index contributed by atoms with van der Waals surface area (Å²) in [6, 6.07) is 7.97. The van der Waals surface area contributed by atoms with Gasteiger partial charge in [-0.25, -0.2) is 0 Å². The van der Waals surface area contributed by atoms with Crippen molar-refractivity contribution in [3.63, 3.8) is 0 Å². The van der Waals surface area contributed by atoms with Crippen molar-refractivity contribution >= 4 is 18.3 Å². The van der Waals surface area contributed by atoms with Gasteiger partial charge in [-0.05, 0) is 37.9 Å². The van der Waals surface area contributed by atoms with Gasteiger partial charge in [-0.1, -0.05) is 25.1 Å². The number of nitrogens with one attached hydrogen (secondary N) is 2. The molecule has 154 valence electrons. The molecule has 3 rings (SSSR count). The average molecular weight is 415 g/mol. The zero-order valence-electron chi connectivity index (χ0n) is 15.6. The quantitative estimate of drug-likeness (QED) is 0.724. The van der Waals surface area contributed by atoms with Crippen LogP contribution in [0.1, 0.15) is 54.3 Å². The summed E-state index contributed by atoms with van der Waals surface area (Å²) in [5.41, 5.74) is 0.829. The highest BCUT2D eigenvalue weighted by molar-refractivity contribution is 5.92. The SMILES string of the molecule is CCC(NC(=O)c1ccn(C2CCCNC2)n1)c1ccccc1OC(F)F.Cl. The van der Waals surface area contributed by atoms with Gasteiger partial charge in [-0.3, -0.25) is 9.48 Å². The zero-order chi connectivity index (χ0) is 19.2. The van der Waals surface area contributed by atoms with E-state index in [4.69, 9.17) is 0 Å². The van der Waals surface area contributed by atoms with Crippen LogP contribution in [0.5, 0.6) is 5.75 Å². The van der Waals surface area contributed by atoms with Crippen LogP contribution in [-0.4, -0.2) is 35.4 Å². The Bertz CT molecular complexity index is 766. The summed E-state index contributed by atoms with van der Waals surface area (Å²) in [7, 11) is 0. The van der Waals surface area contributed by atoms with Crippen molar-refractivity contribution in [3.8, 4) is 5.75 Å². The van der Waals surface area contributed by atoms with E-state index in [1.54, 1.807) is 30.5 Å². The van der Waals surface area contributed by atoms with Crippen molar-refractivity contribution in [1.82, 2.24) is 20.4 Å². The molecule has 0 radical (unpaired) electrons. The average Bonchev–Trinajstić information content (AvgIpc) is 3.17. The minimum Gasteiger partial charge on any atom is -0.434 e. The number of rotatable bonds is 7. The maximum absolute atomic E-state index is 12.6. The fourth-order valence-electron chi connectivity index (χ4n) is 3.33. The molecule has 28 heavy (non-hydrogen) atoms. The molecule has 1 aromatic carbocycles. The van der Waals surface area contributed by atoms with Crippen LogP contribution in [0.15, 0.2) is 36.5 Å². The maximum atomic E-state index is 12.6. The van der Waals surface area contributed by atoms with Gasteiger partial charge < -0.3 is 15.4 Å². The van der Waals surface area contributed by atoms with Crippen molar-refractivity contribution in [2.45, 2.75) is 44.9 Å². The number of piperidine rings is 1. The molecule has 0 bridgehead atoms. The van der Waals surface area contributed by atoms with E-state index in [1.807, 2.05) is 11.6 Å². The number of hydrogen-bond acceptors (Lipinski definition) is 4. The van der Waals surface area contributed by atoms with Gasteiger partial charge in [-0.2, -0.15) is 13.9 Å². The summed E-state index contributed by atoms with van der Waals surface area (Å²) in [6.45, 7) is 0.789. The third-order valence-corrected chi connectivity index (χ3v) is 4.71. The van der Waals surface area contributed by atoms with Gasteiger partial charge in [0.25, 0.3) is 5.91 Å². The fourth-order valence-corrected chi connectivity index (χ4v) is 3.33. The highest BCUT2D eigenvalue weighted by Crippen LogP contribution is 2.28. The lowest BCUT2D eigenvalue weighted by Gasteiger charge is -2.23. The van der Waals surface area contributed by atoms with Crippen LogP contribution in [0.4, 0.5) is 8.78 Å². The van der Waals surface area contributed by atoms with Crippen molar-refractivity contribution in [2.24, 2.45) is 0 Å². The minimum absolute atomic E-state index is 0. The minimum atomic E-state index is -2.92. The van der Waals surface area contributed by atoms with E-state index >= 15 is 0 Å². The number of carbonyl (C=O) groups excluding carboxylic acids is 1. The van der Waals surface area contributed by atoms with Gasteiger partial charge in [0.2, 0.25) is 0 Å². The van der Waals surface area contributed by atoms with E-state index in [0.717, 1.165) is 25.9 Å². The Morgan fingerprint density at radius 2 is 2.18 bits per heavy atom. The molecule has 0 spiro atoms. The number of amides is 1. The van der Waals surface area contributed by atoms with Crippen molar-refractivity contribution < 1.29 is 18.3 Å². The molecule has 6 nitrogen and oxygen atoms in total. The first-order valence-corrected chi connectivity index (χ1v) is 9.19. The molecule has 2 atom stereocenters. The maximum Gasteiger partial charge on any atom is 0.387 e. The van der Waals surface area contributed by atoms with Gasteiger partial charge in [0, 0.05) is 18.3 Å². The Balaban J connectivity index is 0.00000280. The topological polar surface area (TPSA) is 68.2 Å². The van der Waals surface area contributed by atoms with E-state index in [1.165, 1.54) is 6.07 Å². The molecule has 2 heterocycles. The van der Waals surface area contributed by atoms with Crippen LogP contribution in [0, 0.1) is 0 Å². The molecule has 1 amide bonds. The predicted molar refractivity (Wildman–Crippen MR) is 104 cm³/mol. The molecule has 1 saturated heterocycles. The lowest BCUT2D eigenvalue weighted by molar-refractivity contribution is -0.0506. The zero-order valence-corrected chi connectivity index (χ0v) is 16.4. The number of nitrogens with zero attached hydrogens (tertiary/aromatic N) is 2. The highest BCUT2D eigenvalue weighted by Gasteiger charge is 2.22. The fraction of sp³-hybridized carbons (Fsp3) is 0.474. The largest absolute Gasteiger partial charge is 0.434 e. The van der Waals surface area contributed by atoms with E-state index in [2.05, 4.69) is 20.5 Å². The van der Waals surface area contributed by atoms with E-state index in [-0.39, 0.29) is 30.1 Å². The molecule has 0 saturated carbocycles. The van der Waals surface area contributed by atoms with Crippen LogP contribution in [0.2, 0.25) is 0 Å². The van der Waals surface area contributed by atoms with Crippen molar-refractivity contribution in [1.29, 1.82) is 0 Å². The molecule has 0 aliphatic carbocycles. The second-order valence-electron chi connectivity index (χ2n) is 6.53. The molecule has 1 aliphatic rings. The third-order valence-electron chi connectivity index (χ3n) is 4.71. The Hall–Kier alpha value is -2.19. The number of hydrogen-bond donors (Lipinski definition) is 2. The van der Waals surface area contributed by atoms with Gasteiger partial charge in [-0.15, -0.1) is 12.4 Å². The summed E-state index contributed by atoms with van der Waals surface area (Å²) in [5, 5.41) is 10.6. The Kier molecular flexibility index (Phi) is 8.19. The lowest BCUT2D eigenvalue weighted by atomic mass is 10.0. The standard InChI is InChI=1S/C19H24F2N4O2.ClH/c1-2-15(14-7-3-4-8-17(14)27-19(20)21)23-18(26)16-9-11-25(24-16)13-6-5-10-22-12-13;/h3-4,7-9,11,13,15,19,22H,2,5-6,10,12H2,1H3,(H,23,26);1H. The Morgan fingerprint density at radius 3 is 2.86 bits per heavy atom. The van der Waals surface area contributed by atoms with Crippen molar-refractivity contribution in [3.05, 3.63) is 47.8 Å². The second-order valence-corrected chi connectivity index (χ2v) is 6.53. The normalized spacial score (nSPS) is 17.6. The Morgan fingerprint density at radius 1 is 1.39 bits per heavy atom. The predicted octanol–water partition coefficient (Wildman–Crippen LogP) is 3.71. The van der Waals surface area contributed by atoms with Crippen molar-refractivity contribution in [2.75, 3.05) is 13.1 Å². The van der Waals surface area contributed by atoms with Crippen LogP contribution >= 0.6 is 12.4 Å². The van der Waals surface area contributed by atoms with E-state index in [9.17, 15) is 13.6 Å². The smallest absolute Gasteiger partial charge is 0.387 e. The number of para-hydroxylation sites is 1. The number of halogens is 3. The van der Waals surface area contributed by atoms with Crippen LogP contribution in [-0.2, 0) is 0 Å². The van der Waals surface area contributed by atoms with Gasteiger partial charge in [0.1, 0.15) is 11.4 Å². The third kappa shape index (κ3) is 5.42. The highest BCUT2D eigenvalue weighted by atomic mass is 35.5. The first-order chi connectivity index (χ1) is 13.1. The van der Waals surface area contributed by atoms with Gasteiger partial charge >= 0.3 is 6.61 Å². The summed E-state index contributed by atoms with van der Waals surface area (Å²) < 4.78 is 31.7. The molecule has 1 aromatic heterocycles. The van der Waals surface area contributed by atoms with Crippen LogP contribution in [0.3, 0.4) is 0 Å². The Labute approximate surface area is 169 Å². The second kappa shape index (κ2) is 10.4. The molecule has 2 unspecified atom stereocenters. The molecular formula is C19H25ClF2N4O2. The molecule has 2 aromatic rings. The lowest BCUT2D eigenvalue weighted by Crippen LogP contribution is -2.32. The molecular weight excluding hydrogens is 390 g/mol. The number of carbonyl (C=O) groups is 1.